The Morgan fingerprint density at radius 2 is 0.795 bits per heavy atom. The van der Waals surface area contributed by atoms with E-state index in [1.54, 1.807) is 0 Å². The fourth-order valence-corrected chi connectivity index (χ4v) is 3.40. The number of ether oxygens (including phenoxy) is 11. The maximum absolute atomic E-state index is 11.4. The zero-order valence-corrected chi connectivity index (χ0v) is 26.8. The van der Waals surface area contributed by atoms with Crippen molar-refractivity contribution in [1.29, 1.82) is 0 Å². The van der Waals surface area contributed by atoms with Gasteiger partial charge in [-0.2, -0.15) is 0 Å². The van der Waals surface area contributed by atoms with Gasteiger partial charge in [-0.3, -0.25) is 4.79 Å². The molecule has 0 amide bonds. The van der Waals surface area contributed by atoms with Crippen molar-refractivity contribution in [3.63, 3.8) is 0 Å². The van der Waals surface area contributed by atoms with Crippen molar-refractivity contribution < 1.29 is 56.9 Å². The molecule has 12 heteroatoms. The minimum atomic E-state index is -0.159. The van der Waals surface area contributed by atoms with Crippen LogP contribution < -0.4 is 4.74 Å². The monoisotopic (exact) mass is 632 g/mol. The van der Waals surface area contributed by atoms with E-state index >= 15 is 0 Å². The maximum atomic E-state index is 11.4. The van der Waals surface area contributed by atoms with Crippen LogP contribution in [0.15, 0.2) is 30.3 Å². The zero-order chi connectivity index (χ0) is 31.4. The van der Waals surface area contributed by atoms with Gasteiger partial charge in [0.2, 0.25) is 0 Å². The summed E-state index contributed by atoms with van der Waals surface area (Å²) in [6.07, 6.45) is 3.50. The van der Waals surface area contributed by atoms with E-state index in [4.69, 9.17) is 52.1 Å². The lowest BCUT2D eigenvalue weighted by atomic mass is 10.2. The number of para-hydroxylation sites is 1. The van der Waals surface area contributed by atoms with Gasteiger partial charge in [0.05, 0.1) is 119 Å². The number of hydrogen-bond donors (Lipinski definition) is 0. The summed E-state index contributed by atoms with van der Waals surface area (Å²) in [6.45, 7) is 11.8. The SMILES string of the molecule is CCCCCC(=O)OCCOCCOCCOCCOCCOCCOCCOCCOCCOCCOc1ccccc1. The summed E-state index contributed by atoms with van der Waals surface area (Å²) in [5, 5.41) is 0. The molecular weight excluding hydrogens is 576 g/mol. The highest BCUT2D eigenvalue weighted by molar-refractivity contribution is 5.69. The third kappa shape index (κ3) is 30.2. The Morgan fingerprint density at radius 1 is 0.455 bits per heavy atom. The lowest BCUT2D eigenvalue weighted by molar-refractivity contribution is -0.145. The largest absolute Gasteiger partial charge is 0.491 e. The van der Waals surface area contributed by atoms with E-state index in [9.17, 15) is 4.79 Å². The minimum Gasteiger partial charge on any atom is -0.491 e. The molecule has 1 rings (SSSR count). The van der Waals surface area contributed by atoms with Gasteiger partial charge in [0.25, 0.3) is 0 Å². The van der Waals surface area contributed by atoms with Crippen molar-refractivity contribution in [3.8, 4) is 5.75 Å². The fraction of sp³-hybridized carbons (Fsp3) is 0.781. The summed E-state index contributed by atoms with van der Waals surface area (Å²) in [5.74, 6) is 0.684. The molecule has 0 aliphatic rings. The second-order valence-corrected chi connectivity index (χ2v) is 9.35. The molecule has 0 saturated carbocycles. The highest BCUT2D eigenvalue weighted by atomic mass is 16.6. The van der Waals surface area contributed by atoms with Crippen LogP contribution >= 0.6 is 0 Å². The van der Waals surface area contributed by atoms with Crippen LogP contribution in [0.1, 0.15) is 32.6 Å². The number of benzene rings is 1. The number of esters is 1. The zero-order valence-electron chi connectivity index (χ0n) is 26.8. The predicted molar refractivity (Wildman–Crippen MR) is 164 cm³/mol. The molecule has 0 heterocycles. The highest BCUT2D eigenvalue weighted by Crippen LogP contribution is 2.07. The predicted octanol–water partition coefficient (Wildman–Crippen LogP) is 3.34. The van der Waals surface area contributed by atoms with Crippen molar-refractivity contribution >= 4 is 5.97 Å². The van der Waals surface area contributed by atoms with E-state index < -0.39 is 0 Å². The third-order valence-corrected chi connectivity index (χ3v) is 5.69. The Balaban J connectivity index is 1.63. The number of rotatable bonds is 35. The van der Waals surface area contributed by atoms with Crippen LogP contribution in [0.4, 0.5) is 0 Å². The van der Waals surface area contributed by atoms with E-state index in [1.165, 1.54) is 0 Å². The Labute approximate surface area is 263 Å². The quantitative estimate of drug-likeness (QED) is 0.0807. The van der Waals surface area contributed by atoms with Gasteiger partial charge in [0.1, 0.15) is 19.0 Å². The maximum Gasteiger partial charge on any atom is 0.305 e. The van der Waals surface area contributed by atoms with Crippen LogP contribution in [0, 0.1) is 0 Å². The molecule has 0 aliphatic heterocycles. The first kappa shape index (κ1) is 40.2. The molecule has 0 atom stereocenters. The van der Waals surface area contributed by atoms with Gasteiger partial charge < -0.3 is 52.1 Å². The van der Waals surface area contributed by atoms with E-state index in [2.05, 4.69) is 6.92 Å². The number of carbonyl (C=O) groups excluding carboxylic acids is 1. The summed E-state index contributed by atoms with van der Waals surface area (Å²) in [4.78, 5) is 11.4. The Morgan fingerprint density at radius 3 is 1.16 bits per heavy atom. The molecule has 0 aromatic heterocycles. The molecule has 0 unspecified atom stereocenters. The number of unbranched alkanes of at least 4 members (excludes halogenated alkanes) is 2. The minimum absolute atomic E-state index is 0.159. The lowest BCUT2D eigenvalue weighted by Crippen LogP contribution is -2.15. The second-order valence-electron chi connectivity index (χ2n) is 9.35. The third-order valence-electron chi connectivity index (χ3n) is 5.69. The van der Waals surface area contributed by atoms with Gasteiger partial charge in [0, 0.05) is 6.42 Å². The van der Waals surface area contributed by atoms with Crippen molar-refractivity contribution in [3.05, 3.63) is 30.3 Å². The van der Waals surface area contributed by atoms with Gasteiger partial charge in [-0.05, 0) is 18.6 Å². The van der Waals surface area contributed by atoms with Gasteiger partial charge in [-0.25, -0.2) is 0 Å². The van der Waals surface area contributed by atoms with Crippen LogP contribution in [0.5, 0.6) is 5.75 Å². The Bertz CT molecular complexity index is 710. The summed E-state index contributed by atoms with van der Waals surface area (Å²) in [5.41, 5.74) is 0. The molecule has 0 bridgehead atoms. The lowest BCUT2D eigenvalue weighted by Gasteiger charge is -2.09. The van der Waals surface area contributed by atoms with Crippen LogP contribution in [0.3, 0.4) is 0 Å². The van der Waals surface area contributed by atoms with Crippen LogP contribution in [0.2, 0.25) is 0 Å². The van der Waals surface area contributed by atoms with Crippen molar-refractivity contribution in [1.82, 2.24) is 0 Å². The van der Waals surface area contributed by atoms with E-state index in [0.717, 1.165) is 25.0 Å². The number of carbonyl (C=O) groups is 1. The van der Waals surface area contributed by atoms with Crippen LogP contribution in [-0.4, -0.2) is 138 Å². The summed E-state index contributed by atoms with van der Waals surface area (Å²) >= 11 is 0. The molecule has 12 nitrogen and oxygen atoms in total. The van der Waals surface area contributed by atoms with Gasteiger partial charge in [0.15, 0.2) is 0 Å². The summed E-state index contributed by atoms with van der Waals surface area (Å²) in [6, 6.07) is 9.66. The van der Waals surface area contributed by atoms with Crippen molar-refractivity contribution in [2.75, 3.05) is 132 Å². The standard InChI is InChI=1S/C32H56O12/c1-2-3-5-10-32(33)44-30-28-42-26-24-40-22-20-38-18-16-36-14-12-34-11-13-35-15-17-37-19-21-39-23-25-41-27-29-43-31-8-6-4-7-9-31/h4,6-9H,2-3,5,10-30H2,1H3. The van der Waals surface area contributed by atoms with E-state index in [1.807, 2.05) is 30.3 Å². The molecule has 0 radical (unpaired) electrons. The average molecular weight is 633 g/mol. The Hall–Kier alpha value is -1.87. The highest BCUT2D eigenvalue weighted by Gasteiger charge is 2.02. The normalized spacial score (nSPS) is 11.2. The van der Waals surface area contributed by atoms with E-state index in [0.29, 0.717) is 132 Å². The van der Waals surface area contributed by atoms with Gasteiger partial charge in [-0.15, -0.1) is 0 Å². The van der Waals surface area contributed by atoms with Crippen LogP contribution in [-0.2, 0) is 52.2 Å². The molecule has 0 N–H and O–H groups in total. The molecule has 256 valence electrons. The van der Waals surface area contributed by atoms with Gasteiger partial charge >= 0.3 is 5.97 Å². The molecule has 0 saturated heterocycles. The summed E-state index contributed by atoms with van der Waals surface area (Å²) in [7, 11) is 0. The molecule has 0 spiro atoms. The first-order valence-corrected chi connectivity index (χ1v) is 15.9. The molecule has 1 aromatic rings. The Kier molecular flexibility index (Phi) is 31.0. The van der Waals surface area contributed by atoms with Gasteiger partial charge in [-0.1, -0.05) is 38.0 Å². The number of hydrogen-bond acceptors (Lipinski definition) is 12. The first-order valence-electron chi connectivity index (χ1n) is 15.9. The summed E-state index contributed by atoms with van der Waals surface area (Å²) < 4.78 is 59.7. The second kappa shape index (κ2) is 34.0. The molecule has 44 heavy (non-hydrogen) atoms. The molecular formula is C32H56O12. The topological polar surface area (TPSA) is 119 Å². The van der Waals surface area contributed by atoms with E-state index in [-0.39, 0.29) is 12.6 Å². The van der Waals surface area contributed by atoms with Crippen molar-refractivity contribution in [2.45, 2.75) is 32.6 Å². The smallest absolute Gasteiger partial charge is 0.305 e. The molecule has 0 fully saturated rings. The van der Waals surface area contributed by atoms with Crippen LogP contribution in [0.25, 0.3) is 0 Å². The first-order chi connectivity index (χ1) is 21.8. The molecule has 1 aromatic carbocycles. The fourth-order valence-electron chi connectivity index (χ4n) is 3.40. The van der Waals surface area contributed by atoms with Crippen molar-refractivity contribution in [2.24, 2.45) is 0 Å². The average Bonchev–Trinajstić information content (AvgIpc) is 3.04. The molecule has 0 aliphatic carbocycles.